The molecule has 1 heterocycles. The number of nitrogens with two attached hydrogens (primary N) is 1. The molecule has 0 bridgehead atoms. The highest BCUT2D eigenvalue weighted by Gasteiger charge is 2.08. The molecule has 4 heteroatoms. The summed E-state index contributed by atoms with van der Waals surface area (Å²) in [7, 11) is 0. The summed E-state index contributed by atoms with van der Waals surface area (Å²) < 4.78 is 5.08. The zero-order valence-electron chi connectivity index (χ0n) is 8.00. The van der Waals surface area contributed by atoms with Crippen LogP contribution in [0.3, 0.4) is 0 Å². The number of nitrogens with zero attached hydrogens (tertiary/aromatic N) is 1. The molecule has 1 rings (SSSR count). The van der Waals surface area contributed by atoms with Crippen LogP contribution in [-0.4, -0.2) is 43.7 Å². The number of carbonyl (C=O) groups excluding carboxylic acids is 1. The minimum Gasteiger partial charge on any atom is -0.370 e. The Balaban J connectivity index is 1.95. The number of piperidine rings is 1. The van der Waals surface area contributed by atoms with Crippen molar-refractivity contribution in [3.8, 4) is 0 Å². The predicted molar refractivity (Wildman–Crippen MR) is 50.3 cm³/mol. The van der Waals surface area contributed by atoms with Crippen molar-refractivity contribution in [1.29, 1.82) is 0 Å². The van der Waals surface area contributed by atoms with E-state index in [1.807, 2.05) is 0 Å². The zero-order chi connectivity index (χ0) is 9.52. The van der Waals surface area contributed by atoms with E-state index < -0.39 is 5.91 Å². The summed E-state index contributed by atoms with van der Waals surface area (Å²) in [4.78, 5) is 12.7. The molecular formula is C9H18N2O2. The lowest BCUT2D eigenvalue weighted by atomic mass is 10.1. The Morgan fingerprint density at radius 3 is 2.62 bits per heavy atom. The molecule has 2 N–H and O–H groups in total. The summed E-state index contributed by atoms with van der Waals surface area (Å²) in [6, 6.07) is 0. The van der Waals surface area contributed by atoms with Crippen molar-refractivity contribution in [1.82, 2.24) is 4.90 Å². The molecule has 0 aromatic carbocycles. The molecule has 1 saturated heterocycles. The third-order valence-corrected chi connectivity index (χ3v) is 2.24. The van der Waals surface area contributed by atoms with Gasteiger partial charge in [0.2, 0.25) is 5.91 Å². The number of primary amides is 1. The first-order valence-corrected chi connectivity index (χ1v) is 4.87. The van der Waals surface area contributed by atoms with Crippen LogP contribution in [0.2, 0.25) is 0 Å². The average Bonchev–Trinajstić information content (AvgIpc) is 2.14. The maximum Gasteiger partial charge on any atom is 0.243 e. The van der Waals surface area contributed by atoms with Gasteiger partial charge >= 0.3 is 0 Å². The molecule has 76 valence electrons. The van der Waals surface area contributed by atoms with E-state index in [1.165, 1.54) is 32.4 Å². The minimum absolute atomic E-state index is 0.0494. The summed E-state index contributed by atoms with van der Waals surface area (Å²) in [6.45, 7) is 3.92. The summed E-state index contributed by atoms with van der Waals surface area (Å²) in [6.07, 6.45) is 3.92. The average molecular weight is 186 g/mol. The number of ether oxygens (including phenoxy) is 1. The smallest absolute Gasteiger partial charge is 0.243 e. The quantitative estimate of drug-likeness (QED) is 0.614. The summed E-state index contributed by atoms with van der Waals surface area (Å²) in [5.41, 5.74) is 4.93. The molecule has 1 amide bonds. The molecule has 1 aliphatic heterocycles. The second-order valence-corrected chi connectivity index (χ2v) is 3.42. The summed E-state index contributed by atoms with van der Waals surface area (Å²) in [5.74, 6) is -0.390. The predicted octanol–water partition coefficient (Wildman–Crippen LogP) is -0.0258. The first-order valence-electron chi connectivity index (χ1n) is 4.87. The normalized spacial score (nSPS) is 18.8. The van der Waals surface area contributed by atoms with Crippen molar-refractivity contribution < 1.29 is 9.53 Å². The molecule has 0 radical (unpaired) electrons. The number of carbonyl (C=O) groups is 1. The SMILES string of the molecule is NC(=O)COCCN1CCCCC1. The van der Waals surface area contributed by atoms with Crippen molar-refractivity contribution in [2.24, 2.45) is 5.73 Å². The number of amides is 1. The maximum absolute atomic E-state index is 10.3. The van der Waals surface area contributed by atoms with Gasteiger partial charge in [-0.2, -0.15) is 0 Å². The van der Waals surface area contributed by atoms with E-state index >= 15 is 0 Å². The van der Waals surface area contributed by atoms with Crippen LogP contribution >= 0.6 is 0 Å². The van der Waals surface area contributed by atoms with Crippen molar-refractivity contribution in [3.63, 3.8) is 0 Å². The molecule has 1 aliphatic rings. The molecule has 0 saturated carbocycles. The summed E-state index contributed by atoms with van der Waals surface area (Å²) >= 11 is 0. The van der Waals surface area contributed by atoms with E-state index in [1.54, 1.807) is 0 Å². The van der Waals surface area contributed by atoms with Gasteiger partial charge in [-0.25, -0.2) is 0 Å². The van der Waals surface area contributed by atoms with Crippen LogP contribution in [0, 0.1) is 0 Å². The maximum atomic E-state index is 10.3. The number of hydrogen-bond donors (Lipinski definition) is 1. The van der Waals surface area contributed by atoms with Crippen molar-refractivity contribution >= 4 is 5.91 Å². The molecule has 0 aromatic heterocycles. The van der Waals surface area contributed by atoms with Crippen molar-refractivity contribution in [2.45, 2.75) is 19.3 Å². The van der Waals surface area contributed by atoms with Crippen LogP contribution in [0.5, 0.6) is 0 Å². The third-order valence-electron chi connectivity index (χ3n) is 2.24. The van der Waals surface area contributed by atoms with Crippen LogP contribution in [0.15, 0.2) is 0 Å². The van der Waals surface area contributed by atoms with Gasteiger partial charge in [0.25, 0.3) is 0 Å². The minimum atomic E-state index is -0.390. The van der Waals surface area contributed by atoms with Gasteiger partial charge in [-0.3, -0.25) is 4.79 Å². The van der Waals surface area contributed by atoms with Gasteiger partial charge in [0.05, 0.1) is 6.61 Å². The Morgan fingerprint density at radius 1 is 1.31 bits per heavy atom. The topological polar surface area (TPSA) is 55.6 Å². The first kappa shape index (κ1) is 10.5. The van der Waals surface area contributed by atoms with Gasteiger partial charge in [-0.1, -0.05) is 6.42 Å². The number of hydrogen-bond acceptors (Lipinski definition) is 3. The Bertz CT molecular complexity index is 156. The fourth-order valence-electron chi connectivity index (χ4n) is 1.55. The fraction of sp³-hybridized carbons (Fsp3) is 0.889. The molecule has 4 nitrogen and oxygen atoms in total. The van der Waals surface area contributed by atoms with E-state index in [2.05, 4.69) is 4.90 Å². The Morgan fingerprint density at radius 2 is 2.00 bits per heavy atom. The van der Waals surface area contributed by atoms with Crippen LogP contribution in [-0.2, 0) is 9.53 Å². The molecule has 13 heavy (non-hydrogen) atoms. The Hall–Kier alpha value is -0.610. The third kappa shape index (κ3) is 4.85. The molecule has 0 atom stereocenters. The second kappa shape index (κ2) is 5.94. The van der Waals surface area contributed by atoms with Crippen LogP contribution in [0.4, 0.5) is 0 Å². The highest BCUT2D eigenvalue weighted by Crippen LogP contribution is 2.07. The van der Waals surface area contributed by atoms with Crippen molar-refractivity contribution in [3.05, 3.63) is 0 Å². The van der Waals surface area contributed by atoms with Crippen LogP contribution in [0.25, 0.3) is 0 Å². The molecule has 0 aliphatic carbocycles. The van der Waals surface area contributed by atoms with Crippen molar-refractivity contribution in [2.75, 3.05) is 32.8 Å². The zero-order valence-corrected chi connectivity index (χ0v) is 8.00. The van der Waals surface area contributed by atoms with E-state index in [0.29, 0.717) is 6.61 Å². The van der Waals surface area contributed by atoms with E-state index in [4.69, 9.17) is 10.5 Å². The fourth-order valence-corrected chi connectivity index (χ4v) is 1.55. The van der Waals surface area contributed by atoms with Crippen LogP contribution in [0.1, 0.15) is 19.3 Å². The lowest BCUT2D eigenvalue weighted by molar-refractivity contribution is -0.122. The molecule has 0 aromatic rings. The van der Waals surface area contributed by atoms with Gasteiger partial charge in [0.1, 0.15) is 6.61 Å². The lowest BCUT2D eigenvalue weighted by Gasteiger charge is -2.25. The lowest BCUT2D eigenvalue weighted by Crippen LogP contribution is -2.33. The Kier molecular flexibility index (Phi) is 4.78. The van der Waals surface area contributed by atoms with E-state index in [9.17, 15) is 4.79 Å². The Labute approximate surface area is 79.0 Å². The monoisotopic (exact) mass is 186 g/mol. The van der Waals surface area contributed by atoms with Crippen LogP contribution < -0.4 is 5.73 Å². The highest BCUT2D eigenvalue weighted by molar-refractivity contribution is 5.74. The van der Waals surface area contributed by atoms with E-state index in [0.717, 1.165) is 6.54 Å². The first-order chi connectivity index (χ1) is 6.29. The van der Waals surface area contributed by atoms with Gasteiger partial charge in [0, 0.05) is 6.54 Å². The molecule has 1 fully saturated rings. The number of likely N-dealkylation sites (tertiary alicyclic amines) is 1. The molecule has 0 spiro atoms. The highest BCUT2D eigenvalue weighted by atomic mass is 16.5. The largest absolute Gasteiger partial charge is 0.370 e. The number of rotatable bonds is 5. The molecule has 0 unspecified atom stereocenters. The van der Waals surface area contributed by atoms with E-state index in [-0.39, 0.29) is 6.61 Å². The molecular weight excluding hydrogens is 168 g/mol. The standard InChI is InChI=1S/C9H18N2O2/c10-9(12)8-13-7-6-11-4-2-1-3-5-11/h1-8H2,(H2,10,12). The van der Waals surface area contributed by atoms with Gasteiger partial charge < -0.3 is 15.4 Å². The summed E-state index contributed by atoms with van der Waals surface area (Å²) in [5, 5.41) is 0. The van der Waals surface area contributed by atoms with Gasteiger partial charge in [-0.15, -0.1) is 0 Å². The second-order valence-electron chi connectivity index (χ2n) is 3.42. The van der Waals surface area contributed by atoms with Gasteiger partial charge in [-0.05, 0) is 25.9 Å². The van der Waals surface area contributed by atoms with Gasteiger partial charge in [0.15, 0.2) is 0 Å².